The minimum Gasteiger partial charge on any atom is -0.369 e. The molecule has 0 fully saturated rings. The van der Waals surface area contributed by atoms with E-state index in [1.54, 1.807) is 0 Å². The summed E-state index contributed by atoms with van der Waals surface area (Å²) in [4.78, 5) is 0. The average molecular weight is 198 g/mol. The van der Waals surface area contributed by atoms with Gasteiger partial charge in [-0.25, -0.2) is 8.78 Å². The molecule has 0 unspecified atom stereocenters. The van der Waals surface area contributed by atoms with Crippen molar-refractivity contribution in [3.8, 4) is 0 Å². The van der Waals surface area contributed by atoms with Gasteiger partial charge in [-0.05, 0) is 17.7 Å². The van der Waals surface area contributed by atoms with Crippen LogP contribution < -0.4 is 11.5 Å². The molecule has 6 heteroatoms. The van der Waals surface area contributed by atoms with Crippen molar-refractivity contribution in [3.63, 3.8) is 0 Å². The Hall–Kier alpha value is -1.98. The zero-order chi connectivity index (χ0) is 10.6. The van der Waals surface area contributed by atoms with E-state index in [1.807, 2.05) is 0 Å². The molecule has 0 saturated heterocycles. The van der Waals surface area contributed by atoms with Crippen LogP contribution in [0.3, 0.4) is 0 Å². The van der Waals surface area contributed by atoms with Gasteiger partial charge in [-0.1, -0.05) is 6.07 Å². The predicted molar refractivity (Wildman–Crippen MR) is 49.8 cm³/mol. The van der Waals surface area contributed by atoms with Crippen LogP contribution >= 0.6 is 0 Å². The summed E-state index contributed by atoms with van der Waals surface area (Å²) < 4.78 is 25.1. The SMILES string of the molecule is NC(N)=N/N=C/c1ccc(F)c(F)c1. The van der Waals surface area contributed by atoms with Crippen molar-refractivity contribution >= 4 is 12.2 Å². The quantitative estimate of drug-likeness (QED) is 0.414. The normalized spacial score (nSPS) is 10.4. The Bertz CT molecular complexity index is 383. The topological polar surface area (TPSA) is 76.8 Å². The van der Waals surface area contributed by atoms with Crippen molar-refractivity contribution in [2.75, 3.05) is 0 Å². The lowest BCUT2D eigenvalue weighted by Crippen LogP contribution is -2.21. The molecule has 74 valence electrons. The molecule has 0 amide bonds. The third-order valence-electron chi connectivity index (χ3n) is 1.32. The second kappa shape index (κ2) is 4.31. The zero-order valence-corrected chi connectivity index (χ0v) is 7.11. The Labute approximate surface area is 78.9 Å². The number of hydrogen-bond acceptors (Lipinski definition) is 2. The van der Waals surface area contributed by atoms with Crippen molar-refractivity contribution in [3.05, 3.63) is 35.4 Å². The number of nitrogens with two attached hydrogens (primary N) is 2. The fourth-order valence-electron chi connectivity index (χ4n) is 0.755. The lowest BCUT2D eigenvalue weighted by molar-refractivity contribution is 0.508. The van der Waals surface area contributed by atoms with E-state index in [1.165, 1.54) is 12.3 Å². The second-order valence-corrected chi connectivity index (χ2v) is 2.44. The van der Waals surface area contributed by atoms with E-state index in [4.69, 9.17) is 11.5 Å². The second-order valence-electron chi connectivity index (χ2n) is 2.44. The molecular weight excluding hydrogens is 190 g/mol. The van der Waals surface area contributed by atoms with Gasteiger partial charge in [0, 0.05) is 0 Å². The van der Waals surface area contributed by atoms with E-state index < -0.39 is 11.6 Å². The first-order valence-electron chi connectivity index (χ1n) is 3.66. The predicted octanol–water partition coefficient (Wildman–Crippen LogP) is 0.572. The summed E-state index contributed by atoms with van der Waals surface area (Å²) in [6, 6.07) is 3.33. The van der Waals surface area contributed by atoms with E-state index in [9.17, 15) is 8.78 Å². The summed E-state index contributed by atoms with van der Waals surface area (Å²) >= 11 is 0. The van der Waals surface area contributed by atoms with Crippen molar-refractivity contribution in [2.24, 2.45) is 21.7 Å². The summed E-state index contributed by atoms with van der Waals surface area (Å²) in [5, 5.41) is 6.73. The molecule has 4 N–H and O–H groups in total. The van der Waals surface area contributed by atoms with Crippen LogP contribution in [-0.4, -0.2) is 12.2 Å². The van der Waals surface area contributed by atoms with Crippen molar-refractivity contribution in [2.45, 2.75) is 0 Å². The highest BCUT2D eigenvalue weighted by atomic mass is 19.2. The Kier molecular flexibility index (Phi) is 3.11. The van der Waals surface area contributed by atoms with Crippen LogP contribution in [-0.2, 0) is 0 Å². The van der Waals surface area contributed by atoms with Crippen LogP contribution in [0.15, 0.2) is 28.4 Å². The molecular formula is C8H8F2N4. The number of benzene rings is 1. The molecule has 0 spiro atoms. The third-order valence-corrected chi connectivity index (χ3v) is 1.32. The summed E-state index contributed by atoms with van der Waals surface area (Å²) in [7, 11) is 0. The molecule has 14 heavy (non-hydrogen) atoms. The summed E-state index contributed by atoms with van der Waals surface area (Å²) in [6.07, 6.45) is 1.21. The van der Waals surface area contributed by atoms with E-state index >= 15 is 0 Å². The van der Waals surface area contributed by atoms with Gasteiger partial charge in [-0.2, -0.15) is 5.10 Å². The molecule has 0 bridgehead atoms. The summed E-state index contributed by atoms with van der Waals surface area (Å²) in [6.45, 7) is 0. The van der Waals surface area contributed by atoms with Crippen LogP contribution in [0, 0.1) is 11.6 Å². The van der Waals surface area contributed by atoms with Gasteiger partial charge >= 0.3 is 0 Å². The van der Waals surface area contributed by atoms with Gasteiger partial charge < -0.3 is 11.5 Å². The van der Waals surface area contributed by atoms with Gasteiger partial charge in [0.05, 0.1) is 6.21 Å². The van der Waals surface area contributed by atoms with E-state index in [0.717, 1.165) is 12.1 Å². The van der Waals surface area contributed by atoms with Crippen molar-refractivity contribution < 1.29 is 8.78 Å². The van der Waals surface area contributed by atoms with Gasteiger partial charge in [0.15, 0.2) is 11.6 Å². The molecule has 1 aromatic carbocycles. The third kappa shape index (κ3) is 2.81. The Morgan fingerprint density at radius 1 is 1.21 bits per heavy atom. The molecule has 4 nitrogen and oxygen atoms in total. The van der Waals surface area contributed by atoms with Gasteiger partial charge in [0.2, 0.25) is 5.96 Å². The van der Waals surface area contributed by atoms with E-state index in [0.29, 0.717) is 5.56 Å². The average Bonchev–Trinajstić information content (AvgIpc) is 2.10. The highest BCUT2D eigenvalue weighted by Gasteiger charge is 1.99. The number of guanidine groups is 1. The number of halogens is 2. The first kappa shape index (κ1) is 10.1. The molecule has 1 rings (SSSR count). The van der Waals surface area contributed by atoms with Gasteiger partial charge in [0.1, 0.15) is 0 Å². The molecule has 0 atom stereocenters. The van der Waals surface area contributed by atoms with Crippen molar-refractivity contribution in [1.29, 1.82) is 0 Å². The molecule has 0 aromatic heterocycles. The number of rotatable bonds is 2. The van der Waals surface area contributed by atoms with Gasteiger partial charge in [-0.3, -0.25) is 0 Å². The van der Waals surface area contributed by atoms with E-state index in [2.05, 4.69) is 10.2 Å². The summed E-state index contributed by atoms with van der Waals surface area (Å²) in [5.41, 5.74) is 10.4. The molecule has 0 aliphatic rings. The maximum absolute atomic E-state index is 12.6. The van der Waals surface area contributed by atoms with E-state index in [-0.39, 0.29) is 5.96 Å². The van der Waals surface area contributed by atoms with Crippen LogP contribution in [0.1, 0.15) is 5.56 Å². The maximum Gasteiger partial charge on any atom is 0.211 e. The van der Waals surface area contributed by atoms with Crippen LogP contribution in [0.5, 0.6) is 0 Å². The van der Waals surface area contributed by atoms with Crippen molar-refractivity contribution in [1.82, 2.24) is 0 Å². The number of hydrogen-bond donors (Lipinski definition) is 2. The first-order valence-corrected chi connectivity index (χ1v) is 3.66. The van der Waals surface area contributed by atoms with Gasteiger partial charge in [-0.15, -0.1) is 5.10 Å². The molecule has 1 aromatic rings. The number of nitrogens with zero attached hydrogens (tertiary/aromatic N) is 2. The monoisotopic (exact) mass is 198 g/mol. The Balaban J connectivity index is 2.83. The smallest absolute Gasteiger partial charge is 0.211 e. The largest absolute Gasteiger partial charge is 0.369 e. The molecule has 0 aliphatic carbocycles. The Morgan fingerprint density at radius 2 is 1.93 bits per heavy atom. The molecule has 0 saturated carbocycles. The lowest BCUT2D eigenvalue weighted by Gasteiger charge is -1.93. The highest BCUT2D eigenvalue weighted by molar-refractivity contribution is 5.81. The molecule has 0 aliphatic heterocycles. The standard InChI is InChI=1S/C8H8F2N4/c9-6-2-1-5(3-7(6)10)4-13-14-8(11)12/h1-4H,(H4,11,12,14)/b13-4+. The lowest BCUT2D eigenvalue weighted by atomic mass is 10.2. The molecule has 0 radical (unpaired) electrons. The first-order chi connectivity index (χ1) is 6.59. The maximum atomic E-state index is 12.6. The van der Waals surface area contributed by atoms with Crippen LogP contribution in [0.4, 0.5) is 8.78 Å². The van der Waals surface area contributed by atoms with Crippen LogP contribution in [0.25, 0.3) is 0 Å². The van der Waals surface area contributed by atoms with Gasteiger partial charge in [0.25, 0.3) is 0 Å². The minimum atomic E-state index is -0.946. The fourth-order valence-corrected chi connectivity index (χ4v) is 0.755. The summed E-state index contributed by atoms with van der Waals surface area (Å²) in [5.74, 6) is -2.06. The molecule has 0 heterocycles. The fraction of sp³-hybridized carbons (Fsp3) is 0. The van der Waals surface area contributed by atoms with Crippen LogP contribution in [0.2, 0.25) is 0 Å². The Morgan fingerprint density at radius 3 is 2.50 bits per heavy atom. The minimum absolute atomic E-state index is 0.205. The highest BCUT2D eigenvalue weighted by Crippen LogP contribution is 2.06. The zero-order valence-electron chi connectivity index (χ0n) is 7.11.